The normalized spacial score (nSPS) is 11.3. The number of nitrogens with zero attached hydrogens (tertiary/aromatic N) is 1. The summed E-state index contributed by atoms with van der Waals surface area (Å²) in [6.07, 6.45) is 0.962. The van der Waals surface area contributed by atoms with Gasteiger partial charge in [-0.25, -0.2) is 4.79 Å². The standard InChI is InChI=1S/C12H16ClNO5S/c1-20(17,18)19-9-8-14(7-6-13)11-5-3-2-4-10(11)12(15)16/h2-5H,6-9H2,1H3,(H,15,16). The molecule has 0 amide bonds. The number of para-hydroxylation sites is 1. The molecule has 0 saturated heterocycles. The summed E-state index contributed by atoms with van der Waals surface area (Å²) < 4.78 is 26.5. The lowest BCUT2D eigenvalue weighted by atomic mass is 10.1. The van der Waals surface area contributed by atoms with Gasteiger partial charge in [0, 0.05) is 19.0 Å². The SMILES string of the molecule is CS(=O)(=O)OCCN(CCCl)c1ccccc1C(=O)O. The molecule has 1 aromatic rings. The summed E-state index contributed by atoms with van der Waals surface area (Å²) in [4.78, 5) is 12.9. The third-order valence-electron chi connectivity index (χ3n) is 2.49. The second-order valence-electron chi connectivity index (χ2n) is 4.02. The number of benzene rings is 1. The van der Waals surface area contributed by atoms with Crippen LogP contribution in [0.25, 0.3) is 0 Å². The first-order chi connectivity index (χ1) is 9.35. The van der Waals surface area contributed by atoms with Crippen molar-refractivity contribution in [1.29, 1.82) is 0 Å². The molecule has 1 rings (SSSR count). The molecule has 0 spiro atoms. The minimum absolute atomic E-state index is 0.0658. The first kappa shape index (κ1) is 16.7. The van der Waals surface area contributed by atoms with Crippen LogP contribution in [0.15, 0.2) is 24.3 Å². The molecule has 0 saturated carbocycles. The first-order valence-electron chi connectivity index (χ1n) is 5.83. The molecule has 0 bridgehead atoms. The van der Waals surface area contributed by atoms with E-state index in [0.717, 1.165) is 6.26 Å². The van der Waals surface area contributed by atoms with E-state index in [4.69, 9.17) is 16.7 Å². The van der Waals surface area contributed by atoms with Crippen LogP contribution in [0.1, 0.15) is 10.4 Å². The Morgan fingerprint density at radius 1 is 1.35 bits per heavy atom. The van der Waals surface area contributed by atoms with Crippen LogP contribution in [0.3, 0.4) is 0 Å². The van der Waals surface area contributed by atoms with Gasteiger partial charge in [0.2, 0.25) is 0 Å². The number of hydrogen-bond acceptors (Lipinski definition) is 5. The van der Waals surface area contributed by atoms with Crippen LogP contribution < -0.4 is 4.90 Å². The van der Waals surface area contributed by atoms with E-state index in [9.17, 15) is 13.2 Å². The van der Waals surface area contributed by atoms with E-state index in [-0.39, 0.29) is 24.6 Å². The number of carboxylic acid groups (broad SMARTS) is 1. The Morgan fingerprint density at radius 3 is 2.55 bits per heavy atom. The molecule has 6 nitrogen and oxygen atoms in total. The van der Waals surface area contributed by atoms with Gasteiger partial charge >= 0.3 is 5.97 Å². The number of carboxylic acids is 1. The molecule has 0 heterocycles. The summed E-state index contributed by atoms with van der Waals surface area (Å²) in [5.74, 6) is -0.767. The third kappa shape index (κ3) is 5.36. The summed E-state index contributed by atoms with van der Waals surface area (Å²) >= 11 is 5.70. The molecule has 1 aromatic carbocycles. The monoisotopic (exact) mass is 321 g/mol. The number of aromatic carboxylic acids is 1. The van der Waals surface area contributed by atoms with Gasteiger partial charge in [0.1, 0.15) is 0 Å². The minimum Gasteiger partial charge on any atom is -0.478 e. The van der Waals surface area contributed by atoms with E-state index in [0.29, 0.717) is 12.2 Å². The van der Waals surface area contributed by atoms with E-state index in [1.54, 1.807) is 23.1 Å². The van der Waals surface area contributed by atoms with Crippen LogP contribution >= 0.6 is 11.6 Å². The van der Waals surface area contributed by atoms with Crippen molar-refractivity contribution in [3.63, 3.8) is 0 Å². The number of carbonyl (C=O) groups is 1. The molecule has 0 unspecified atom stereocenters. The van der Waals surface area contributed by atoms with Gasteiger partial charge in [0.25, 0.3) is 10.1 Å². The van der Waals surface area contributed by atoms with Gasteiger partial charge in [-0.15, -0.1) is 11.6 Å². The molecule has 0 atom stereocenters. The number of halogens is 1. The van der Waals surface area contributed by atoms with E-state index in [2.05, 4.69) is 4.18 Å². The van der Waals surface area contributed by atoms with Crippen LogP contribution in [-0.2, 0) is 14.3 Å². The molecule has 0 aliphatic heterocycles. The molecule has 0 fully saturated rings. The Hall–Kier alpha value is -1.31. The van der Waals surface area contributed by atoms with E-state index >= 15 is 0 Å². The fourth-order valence-corrected chi connectivity index (χ4v) is 2.27. The van der Waals surface area contributed by atoms with Crippen LogP contribution in [0.5, 0.6) is 0 Å². The van der Waals surface area contributed by atoms with Gasteiger partial charge in [-0.1, -0.05) is 12.1 Å². The fraction of sp³-hybridized carbons (Fsp3) is 0.417. The zero-order valence-electron chi connectivity index (χ0n) is 11.0. The first-order valence-corrected chi connectivity index (χ1v) is 8.18. The lowest BCUT2D eigenvalue weighted by molar-refractivity contribution is 0.0697. The highest BCUT2D eigenvalue weighted by Gasteiger charge is 2.15. The highest BCUT2D eigenvalue weighted by molar-refractivity contribution is 7.85. The maximum absolute atomic E-state index is 11.2. The zero-order chi connectivity index (χ0) is 15.2. The molecule has 8 heteroatoms. The Bertz CT molecular complexity index is 561. The zero-order valence-corrected chi connectivity index (χ0v) is 12.5. The van der Waals surface area contributed by atoms with Crippen LogP contribution in [-0.4, -0.2) is 51.3 Å². The summed E-state index contributed by atoms with van der Waals surface area (Å²) in [5, 5.41) is 9.15. The second-order valence-corrected chi connectivity index (χ2v) is 6.05. The third-order valence-corrected chi connectivity index (χ3v) is 3.25. The average molecular weight is 322 g/mol. The highest BCUT2D eigenvalue weighted by atomic mass is 35.5. The predicted molar refractivity (Wildman–Crippen MR) is 77.1 cm³/mol. The highest BCUT2D eigenvalue weighted by Crippen LogP contribution is 2.20. The van der Waals surface area contributed by atoms with Crippen molar-refractivity contribution in [2.75, 3.05) is 36.7 Å². The Labute approximate surface area is 123 Å². The summed E-state index contributed by atoms with van der Waals surface area (Å²) in [7, 11) is -3.52. The van der Waals surface area contributed by atoms with E-state index < -0.39 is 16.1 Å². The van der Waals surface area contributed by atoms with Crippen molar-refractivity contribution >= 4 is 33.4 Å². The molecular weight excluding hydrogens is 306 g/mol. The minimum atomic E-state index is -3.52. The molecular formula is C12H16ClNO5S. The van der Waals surface area contributed by atoms with Crippen LogP contribution in [0.2, 0.25) is 0 Å². The average Bonchev–Trinajstić information content (AvgIpc) is 2.36. The molecule has 112 valence electrons. The largest absolute Gasteiger partial charge is 0.478 e. The summed E-state index contributed by atoms with van der Waals surface area (Å²) in [6, 6.07) is 6.46. The molecule has 0 radical (unpaired) electrons. The Kier molecular flexibility index (Phi) is 6.25. The van der Waals surface area contributed by atoms with Crippen molar-refractivity contribution in [3.05, 3.63) is 29.8 Å². The van der Waals surface area contributed by atoms with E-state index in [1.165, 1.54) is 6.07 Å². The van der Waals surface area contributed by atoms with Gasteiger partial charge in [0.05, 0.1) is 24.1 Å². The lowest BCUT2D eigenvalue weighted by Gasteiger charge is -2.25. The molecule has 1 N–H and O–H groups in total. The van der Waals surface area contributed by atoms with Crippen molar-refractivity contribution in [2.24, 2.45) is 0 Å². The van der Waals surface area contributed by atoms with Gasteiger partial charge in [0.15, 0.2) is 0 Å². The summed E-state index contributed by atoms with van der Waals surface area (Å²) in [5.41, 5.74) is 0.620. The second kappa shape index (κ2) is 7.47. The Morgan fingerprint density at radius 2 is 2.00 bits per heavy atom. The van der Waals surface area contributed by atoms with Gasteiger partial charge in [-0.3, -0.25) is 4.18 Å². The van der Waals surface area contributed by atoms with Crippen LogP contribution in [0.4, 0.5) is 5.69 Å². The number of anilines is 1. The predicted octanol–water partition coefficient (Wildman–Crippen LogP) is 1.41. The van der Waals surface area contributed by atoms with E-state index in [1.807, 2.05) is 0 Å². The molecule has 0 aliphatic carbocycles. The van der Waals surface area contributed by atoms with Gasteiger partial charge < -0.3 is 10.0 Å². The van der Waals surface area contributed by atoms with Gasteiger partial charge in [-0.05, 0) is 12.1 Å². The molecule has 0 aromatic heterocycles. The van der Waals surface area contributed by atoms with Crippen molar-refractivity contribution in [1.82, 2.24) is 0 Å². The molecule has 0 aliphatic rings. The smallest absolute Gasteiger partial charge is 0.337 e. The number of alkyl halides is 1. The Balaban J connectivity index is 2.88. The maximum atomic E-state index is 11.2. The fourth-order valence-electron chi connectivity index (χ4n) is 1.68. The molecule has 20 heavy (non-hydrogen) atoms. The topological polar surface area (TPSA) is 83.9 Å². The van der Waals surface area contributed by atoms with Crippen LogP contribution in [0, 0.1) is 0 Å². The van der Waals surface area contributed by atoms with Crippen molar-refractivity contribution < 1.29 is 22.5 Å². The maximum Gasteiger partial charge on any atom is 0.337 e. The number of hydrogen-bond donors (Lipinski definition) is 1. The summed E-state index contributed by atoms with van der Waals surface area (Å²) in [6.45, 7) is 0.548. The lowest BCUT2D eigenvalue weighted by Crippen LogP contribution is -2.31. The number of rotatable bonds is 8. The van der Waals surface area contributed by atoms with Crippen molar-refractivity contribution in [3.8, 4) is 0 Å². The van der Waals surface area contributed by atoms with Crippen molar-refractivity contribution in [2.45, 2.75) is 0 Å². The van der Waals surface area contributed by atoms with Gasteiger partial charge in [-0.2, -0.15) is 8.42 Å². The quantitative estimate of drug-likeness (QED) is 0.575.